The van der Waals surface area contributed by atoms with Crippen LogP contribution in [0.25, 0.3) is 0 Å². The Morgan fingerprint density at radius 3 is 2.68 bits per heavy atom. The maximum atomic E-state index is 11.5. The van der Waals surface area contributed by atoms with Gasteiger partial charge in [0, 0.05) is 5.56 Å². The summed E-state index contributed by atoms with van der Waals surface area (Å²) in [6, 6.07) is 0. The van der Waals surface area contributed by atoms with Crippen molar-refractivity contribution in [1.82, 2.24) is 9.71 Å². The van der Waals surface area contributed by atoms with E-state index in [1.165, 1.54) is 6.92 Å². The zero-order chi connectivity index (χ0) is 14.2. The number of nitrogens with one attached hydrogen (secondary N) is 1. The van der Waals surface area contributed by atoms with Crippen LogP contribution >= 0.6 is 0 Å². The highest BCUT2D eigenvalue weighted by molar-refractivity contribution is 5.00. The van der Waals surface area contributed by atoms with E-state index in [0.717, 1.165) is 6.20 Å². The van der Waals surface area contributed by atoms with E-state index >= 15 is 0 Å². The predicted octanol–water partition coefficient (Wildman–Crippen LogP) is -3.29. The lowest BCUT2D eigenvalue weighted by Crippen LogP contribution is -2.43. The summed E-state index contributed by atoms with van der Waals surface area (Å²) in [4.78, 5) is 29.7. The Morgan fingerprint density at radius 2 is 2.11 bits per heavy atom. The largest absolute Gasteiger partial charge is 0.394 e. The lowest BCUT2D eigenvalue weighted by molar-refractivity contribution is -0.174. The summed E-state index contributed by atoms with van der Waals surface area (Å²) in [5.74, 6) is 0. The molecule has 1 aromatic heterocycles. The smallest absolute Gasteiger partial charge is 0.361 e. The van der Waals surface area contributed by atoms with Crippen molar-refractivity contribution in [3.63, 3.8) is 0 Å². The van der Waals surface area contributed by atoms with Gasteiger partial charge in [0.2, 0.25) is 0 Å². The average Bonchev–Trinajstić information content (AvgIpc) is 2.63. The highest BCUT2D eigenvalue weighted by Crippen LogP contribution is 2.19. The molecule has 0 spiro atoms. The normalized spacial score (nSPS) is 30.5. The number of aromatic amines is 1. The fourth-order valence-electron chi connectivity index (χ4n) is 1.69. The van der Waals surface area contributed by atoms with E-state index in [1.54, 1.807) is 0 Å². The molecule has 4 N–H and O–H groups in total. The van der Waals surface area contributed by atoms with Crippen molar-refractivity contribution < 1.29 is 24.9 Å². The van der Waals surface area contributed by atoms with Gasteiger partial charge in [-0.2, -0.15) is 0 Å². The number of nitrogens with zero attached hydrogens (tertiary/aromatic N) is 1. The van der Waals surface area contributed by atoms with E-state index < -0.39 is 42.5 Å². The maximum Gasteiger partial charge on any atom is 0.361 e. The molecular formula is C10H14N2O7. The van der Waals surface area contributed by atoms with Gasteiger partial charge in [-0.25, -0.2) is 4.79 Å². The number of ether oxygens (including phenoxy) is 1. The third-order valence-corrected chi connectivity index (χ3v) is 2.81. The highest BCUT2D eigenvalue weighted by Gasteiger charge is 2.44. The molecule has 1 fully saturated rings. The topological polar surface area (TPSA) is 134 Å². The molecule has 0 radical (unpaired) electrons. The molecule has 0 aromatic carbocycles. The lowest BCUT2D eigenvalue weighted by Gasteiger charge is -2.17. The van der Waals surface area contributed by atoms with Crippen molar-refractivity contribution in [2.24, 2.45) is 0 Å². The molecule has 0 unspecified atom stereocenters. The number of aryl methyl sites for hydroxylation is 1. The van der Waals surface area contributed by atoms with Gasteiger partial charge in [-0.15, -0.1) is 4.73 Å². The zero-order valence-corrected chi connectivity index (χ0v) is 10.0. The number of hydrogen-bond acceptors (Lipinski definition) is 7. The number of H-pyrrole nitrogens is 1. The Labute approximate surface area is 106 Å². The van der Waals surface area contributed by atoms with Crippen LogP contribution < -0.4 is 16.1 Å². The first-order valence-electron chi connectivity index (χ1n) is 5.56. The van der Waals surface area contributed by atoms with Gasteiger partial charge in [-0.05, 0) is 6.92 Å². The monoisotopic (exact) mass is 274 g/mol. The van der Waals surface area contributed by atoms with Crippen LogP contribution in [-0.2, 0) is 4.74 Å². The molecule has 1 saturated heterocycles. The van der Waals surface area contributed by atoms with E-state index in [9.17, 15) is 19.8 Å². The summed E-state index contributed by atoms with van der Waals surface area (Å²) in [5.41, 5.74) is -1.16. The van der Waals surface area contributed by atoms with Gasteiger partial charge in [0.05, 0.1) is 12.8 Å². The summed E-state index contributed by atoms with van der Waals surface area (Å²) >= 11 is 0. The Bertz CT molecular complexity index is 566. The van der Waals surface area contributed by atoms with Crippen LogP contribution in [0.15, 0.2) is 15.8 Å². The first-order chi connectivity index (χ1) is 8.93. The summed E-state index contributed by atoms with van der Waals surface area (Å²) in [7, 11) is 0. The lowest BCUT2D eigenvalue weighted by atomic mass is 10.1. The molecule has 1 aromatic rings. The third-order valence-electron chi connectivity index (χ3n) is 2.81. The summed E-state index contributed by atoms with van der Waals surface area (Å²) in [6.45, 7) is 0.965. The van der Waals surface area contributed by atoms with Gasteiger partial charge >= 0.3 is 5.69 Å². The number of aliphatic hydroxyl groups excluding tert-OH is 3. The summed E-state index contributed by atoms with van der Waals surface area (Å²) in [5, 5.41) is 28.1. The molecule has 2 rings (SSSR count). The van der Waals surface area contributed by atoms with E-state index in [-0.39, 0.29) is 5.56 Å². The molecule has 4 atom stereocenters. The van der Waals surface area contributed by atoms with Gasteiger partial charge in [0.1, 0.15) is 18.3 Å². The van der Waals surface area contributed by atoms with Gasteiger partial charge in [-0.3, -0.25) is 9.78 Å². The van der Waals surface area contributed by atoms with Gasteiger partial charge in [0.15, 0.2) is 0 Å². The Kier molecular flexibility index (Phi) is 3.71. The average molecular weight is 274 g/mol. The van der Waals surface area contributed by atoms with Crippen molar-refractivity contribution in [2.45, 2.75) is 31.5 Å². The highest BCUT2D eigenvalue weighted by atomic mass is 16.8. The van der Waals surface area contributed by atoms with Crippen LogP contribution in [0, 0.1) is 6.92 Å². The van der Waals surface area contributed by atoms with Gasteiger partial charge in [-0.1, -0.05) is 0 Å². The Morgan fingerprint density at radius 1 is 1.42 bits per heavy atom. The third kappa shape index (κ3) is 2.54. The molecule has 1 aliphatic rings. The van der Waals surface area contributed by atoms with E-state index in [4.69, 9.17) is 14.7 Å². The Balaban J connectivity index is 2.21. The minimum absolute atomic E-state index is 0.228. The molecule has 9 nitrogen and oxygen atoms in total. The number of aromatic nitrogens is 2. The van der Waals surface area contributed by atoms with Crippen molar-refractivity contribution >= 4 is 0 Å². The van der Waals surface area contributed by atoms with E-state index in [1.807, 2.05) is 4.98 Å². The standard InChI is InChI=1S/C10H14N2O7/c1-4-2-12(10(17)11-8(4)16)19-9-7(15)6(14)5(3-13)18-9/h2,5-7,9,13-15H,3H2,1H3,(H,11,16,17)/t5-,6-,7+,9-/m1/s1. The molecule has 2 heterocycles. The maximum absolute atomic E-state index is 11.5. The SMILES string of the molecule is Cc1cn(O[C@H]2O[C@H](CO)[C@@H](O)[C@@H]2O)c(=O)[nH]c1=O. The van der Waals surface area contributed by atoms with Crippen LogP contribution in [0.2, 0.25) is 0 Å². The van der Waals surface area contributed by atoms with Crippen molar-refractivity contribution in [2.75, 3.05) is 6.61 Å². The van der Waals surface area contributed by atoms with Crippen molar-refractivity contribution in [1.29, 1.82) is 0 Å². The van der Waals surface area contributed by atoms with Crippen LogP contribution in [0.5, 0.6) is 0 Å². The molecule has 0 saturated carbocycles. The van der Waals surface area contributed by atoms with Crippen LogP contribution in [-0.4, -0.2) is 56.2 Å². The molecule has 106 valence electrons. The molecule has 9 heteroatoms. The van der Waals surface area contributed by atoms with Crippen LogP contribution in [0.1, 0.15) is 5.56 Å². The second-order valence-electron chi connectivity index (χ2n) is 4.21. The molecular weight excluding hydrogens is 260 g/mol. The number of rotatable bonds is 3. The van der Waals surface area contributed by atoms with Crippen LogP contribution in [0.4, 0.5) is 0 Å². The number of hydrogen-bond donors (Lipinski definition) is 4. The Hall–Kier alpha value is -1.68. The first kappa shape index (κ1) is 13.7. The first-order valence-corrected chi connectivity index (χ1v) is 5.56. The van der Waals surface area contributed by atoms with Crippen molar-refractivity contribution in [3.05, 3.63) is 32.6 Å². The zero-order valence-electron chi connectivity index (χ0n) is 10.0. The summed E-state index contributed by atoms with van der Waals surface area (Å²) in [6.07, 6.45) is -3.93. The second-order valence-corrected chi connectivity index (χ2v) is 4.21. The van der Waals surface area contributed by atoms with E-state index in [2.05, 4.69) is 0 Å². The fraction of sp³-hybridized carbons (Fsp3) is 0.600. The minimum Gasteiger partial charge on any atom is -0.394 e. The summed E-state index contributed by atoms with van der Waals surface area (Å²) < 4.78 is 5.73. The quantitative estimate of drug-likeness (QED) is 0.454. The fourth-order valence-corrected chi connectivity index (χ4v) is 1.69. The molecule has 19 heavy (non-hydrogen) atoms. The second kappa shape index (κ2) is 5.13. The predicted molar refractivity (Wildman–Crippen MR) is 60.4 cm³/mol. The van der Waals surface area contributed by atoms with Gasteiger partial charge < -0.3 is 24.9 Å². The minimum atomic E-state index is -1.42. The molecule has 1 aliphatic heterocycles. The molecule has 0 aliphatic carbocycles. The molecule has 0 amide bonds. The van der Waals surface area contributed by atoms with E-state index in [0.29, 0.717) is 4.73 Å². The number of aliphatic hydroxyl groups is 3. The van der Waals surface area contributed by atoms with Crippen molar-refractivity contribution in [3.8, 4) is 0 Å². The van der Waals surface area contributed by atoms with Crippen LogP contribution in [0.3, 0.4) is 0 Å². The van der Waals surface area contributed by atoms with Gasteiger partial charge in [0.25, 0.3) is 11.8 Å². The molecule has 0 bridgehead atoms.